The zero-order valence-electron chi connectivity index (χ0n) is 17.2. The van der Waals surface area contributed by atoms with Gasteiger partial charge in [0.05, 0.1) is 11.4 Å². The van der Waals surface area contributed by atoms with Crippen LogP contribution < -0.4 is 10.2 Å². The molecule has 1 aliphatic heterocycles. The molecule has 3 aromatic rings. The molecule has 0 bridgehead atoms. The lowest BCUT2D eigenvalue weighted by molar-refractivity contribution is -0.120. The summed E-state index contributed by atoms with van der Waals surface area (Å²) in [6, 6.07) is 8.54. The van der Waals surface area contributed by atoms with E-state index in [0.29, 0.717) is 21.8 Å². The molecule has 9 heteroatoms. The molecule has 1 aliphatic rings. The van der Waals surface area contributed by atoms with E-state index >= 15 is 0 Å². The maximum Gasteiger partial charge on any atom is 0.249 e. The number of thiophene rings is 1. The van der Waals surface area contributed by atoms with Crippen LogP contribution in [0.4, 0.5) is 23.9 Å². The van der Waals surface area contributed by atoms with E-state index in [1.165, 1.54) is 28.4 Å². The number of aliphatic imine (C=N–C) groups is 1. The van der Waals surface area contributed by atoms with Gasteiger partial charge in [0.2, 0.25) is 11.8 Å². The lowest BCUT2D eigenvalue weighted by atomic mass is 10.00. The molecular weight excluding hydrogens is 439 g/mol. The molecule has 0 fully saturated rings. The predicted octanol–water partition coefficient (Wildman–Crippen LogP) is 4.60. The third kappa shape index (κ3) is 4.16. The number of nitrogens with zero attached hydrogens (tertiary/aromatic N) is 2. The lowest BCUT2D eigenvalue weighted by Crippen LogP contribution is -2.39. The van der Waals surface area contributed by atoms with E-state index in [1.807, 2.05) is 13.8 Å². The molecule has 0 atom stereocenters. The highest BCUT2D eigenvalue weighted by molar-refractivity contribution is 7.17. The molecule has 32 heavy (non-hydrogen) atoms. The van der Waals surface area contributed by atoms with Gasteiger partial charge in [0, 0.05) is 22.1 Å². The molecule has 2 aromatic carbocycles. The molecule has 5 nitrogen and oxygen atoms in total. The van der Waals surface area contributed by atoms with Crippen molar-refractivity contribution >= 4 is 39.6 Å². The SMILES string of the molecule is Cc1sc2c(c1C)C(c1ccc(F)cc1)=NCC(=O)N2CC(=O)Nc1cc(F)ccc1F. The quantitative estimate of drug-likeness (QED) is 0.622. The largest absolute Gasteiger partial charge is 0.322 e. The standard InChI is InChI=1S/C23H18F3N3O2S/c1-12-13(2)32-23-21(12)22(14-3-5-15(24)6-4-14)27-10-20(31)29(23)11-19(30)28-18-9-16(25)7-8-17(18)26/h3-9H,10-11H2,1-2H3,(H,28,30). The molecule has 4 rings (SSSR count). The first-order valence-corrected chi connectivity index (χ1v) is 10.5. The maximum absolute atomic E-state index is 13.9. The Morgan fingerprint density at radius 2 is 1.78 bits per heavy atom. The summed E-state index contributed by atoms with van der Waals surface area (Å²) >= 11 is 1.33. The average Bonchev–Trinajstić information content (AvgIpc) is 2.97. The Bertz CT molecular complexity index is 1250. The third-order valence-electron chi connectivity index (χ3n) is 5.14. The predicted molar refractivity (Wildman–Crippen MR) is 118 cm³/mol. The van der Waals surface area contributed by atoms with E-state index in [2.05, 4.69) is 10.3 Å². The Kier molecular flexibility index (Phi) is 5.84. The van der Waals surface area contributed by atoms with Crippen LogP contribution in [0.1, 0.15) is 21.6 Å². The Labute approximate surface area is 186 Å². The van der Waals surface area contributed by atoms with Crippen LogP contribution >= 0.6 is 11.3 Å². The van der Waals surface area contributed by atoms with Gasteiger partial charge in [-0.2, -0.15) is 0 Å². The highest BCUT2D eigenvalue weighted by atomic mass is 32.1. The molecular formula is C23H18F3N3O2S. The Balaban J connectivity index is 1.69. The number of rotatable bonds is 4. The van der Waals surface area contributed by atoms with Crippen molar-refractivity contribution in [2.24, 2.45) is 4.99 Å². The summed E-state index contributed by atoms with van der Waals surface area (Å²) in [6.07, 6.45) is 0. The zero-order valence-corrected chi connectivity index (χ0v) is 18.0. The summed E-state index contributed by atoms with van der Waals surface area (Å²) < 4.78 is 40.8. The van der Waals surface area contributed by atoms with Crippen LogP contribution in [0.25, 0.3) is 0 Å². The van der Waals surface area contributed by atoms with Gasteiger partial charge in [-0.05, 0) is 55.8 Å². The van der Waals surface area contributed by atoms with Gasteiger partial charge in [0.15, 0.2) is 0 Å². The van der Waals surface area contributed by atoms with Crippen molar-refractivity contribution in [2.75, 3.05) is 23.3 Å². The summed E-state index contributed by atoms with van der Waals surface area (Å²) in [5.41, 5.74) is 2.46. The molecule has 0 radical (unpaired) electrons. The number of benzene rings is 2. The molecule has 0 spiro atoms. The van der Waals surface area contributed by atoms with Crippen molar-refractivity contribution in [3.8, 4) is 0 Å². The van der Waals surface area contributed by atoms with Crippen molar-refractivity contribution in [3.63, 3.8) is 0 Å². The number of hydrogen-bond acceptors (Lipinski definition) is 4. The monoisotopic (exact) mass is 457 g/mol. The van der Waals surface area contributed by atoms with Crippen molar-refractivity contribution < 1.29 is 22.8 Å². The number of anilines is 2. The topological polar surface area (TPSA) is 61.8 Å². The Morgan fingerprint density at radius 3 is 2.50 bits per heavy atom. The minimum atomic E-state index is -0.785. The summed E-state index contributed by atoms with van der Waals surface area (Å²) in [5, 5.41) is 2.85. The van der Waals surface area contributed by atoms with Gasteiger partial charge in [0.1, 0.15) is 35.5 Å². The van der Waals surface area contributed by atoms with Crippen LogP contribution in [0, 0.1) is 31.3 Å². The number of aryl methyl sites for hydroxylation is 1. The second-order valence-corrected chi connectivity index (χ2v) is 8.49. The lowest BCUT2D eigenvalue weighted by Gasteiger charge is -2.20. The number of carbonyl (C=O) groups is 2. The van der Waals surface area contributed by atoms with Crippen LogP contribution in [0.15, 0.2) is 47.5 Å². The van der Waals surface area contributed by atoms with E-state index in [-0.39, 0.29) is 18.0 Å². The number of carbonyl (C=O) groups excluding carboxylic acids is 2. The molecule has 0 saturated carbocycles. The summed E-state index contributed by atoms with van der Waals surface area (Å²) in [7, 11) is 0. The van der Waals surface area contributed by atoms with Gasteiger partial charge >= 0.3 is 0 Å². The number of hydrogen-bond donors (Lipinski definition) is 1. The van der Waals surface area contributed by atoms with E-state index in [0.717, 1.165) is 28.6 Å². The fraction of sp³-hybridized carbons (Fsp3) is 0.174. The van der Waals surface area contributed by atoms with Crippen molar-refractivity contribution in [3.05, 3.63) is 81.5 Å². The normalized spacial score (nSPS) is 13.5. The molecule has 1 N–H and O–H groups in total. The first kappa shape index (κ1) is 21.8. The van der Waals surface area contributed by atoms with Crippen LogP contribution in [0.3, 0.4) is 0 Å². The summed E-state index contributed by atoms with van der Waals surface area (Å²) in [6.45, 7) is 3.17. The van der Waals surface area contributed by atoms with Crippen LogP contribution in [-0.4, -0.2) is 30.6 Å². The second kappa shape index (κ2) is 8.58. The maximum atomic E-state index is 13.9. The molecule has 0 saturated heterocycles. The number of halogens is 3. The minimum absolute atomic E-state index is 0.214. The average molecular weight is 457 g/mol. The number of nitrogens with one attached hydrogen (secondary N) is 1. The second-order valence-electron chi connectivity index (χ2n) is 7.29. The summed E-state index contributed by atoms with van der Waals surface area (Å²) in [4.78, 5) is 32.2. The Morgan fingerprint density at radius 1 is 1.09 bits per heavy atom. The third-order valence-corrected chi connectivity index (χ3v) is 6.37. The highest BCUT2D eigenvalue weighted by Crippen LogP contribution is 2.38. The molecule has 0 aliphatic carbocycles. The van der Waals surface area contributed by atoms with Gasteiger partial charge in [0.25, 0.3) is 0 Å². The first-order chi connectivity index (χ1) is 15.2. The fourth-order valence-corrected chi connectivity index (χ4v) is 4.61. The van der Waals surface area contributed by atoms with E-state index < -0.39 is 30.0 Å². The van der Waals surface area contributed by atoms with Gasteiger partial charge in [-0.25, -0.2) is 13.2 Å². The van der Waals surface area contributed by atoms with Crippen molar-refractivity contribution in [2.45, 2.75) is 13.8 Å². The van der Waals surface area contributed by atoms with Gasteiger partial charge in [-0.3, -0.25) is 19.5 Å². The van der Waals surface area contributed by atoms with Crippen LogP contribution in [0.5, 0.6) is 0 Å². The summed E-state index contributed by atoms with van der Waals surface area (Å²) in [5.74, 6) is -2.97. The minimum Gasteiger partial charge on any atom is -0.322 e. The fourth-order valence-electron chi connectivity index (χ4n) is 3.43. The van der Waals surface area contributed by atoms with Gasteiger partial charge in [-0.15, -0.1) is 11.3 Å². The molecule has 0 unspecified atom stereocenters. The van der Waals surface area contributed by atoms with Crippen LogP contribution in [0.2, 0.25) is 0 Å². The van der Waals surface area contributed by atoms with E-state index in [9.17, 15) is 22.8 Å². The molecule has 2 heterocycles. The molecule has 2 amide bonds. The van der Waals surface area contributed by atoms with E-state index in [1.54, 1.807) is 12.1 Å². The first-order valence-electron chi connectivity index (χ1n) is 9.70. The van der Waals surface area contributed by atoms with Gasteiger partial charge in [-0.1, -0.05) is 0 Å². The Hall–Kier alpha value is -3.46. The van der Waals surface area contributed by atoms with Crippen LogP contribution in [-0.2, 0) is 9.59 Å². The number of fused-ring (bicyclic) bond motifs is 1. The highest BCUT2D eigenvalue weighted by Gasteiger charge is 2.31. The smallest absolute Gasteiger partial charge is 0.249 e. The zero-order chi connectivity index (χ0) is 23.0. The number of amides is 2. The van der Waals surface area contributed by atoms with Crippen molar-refractivity contribution in [1.29, 1.82) is 0 Å². The molecule has 1 aromatic heterocycles. The van der Waals surface area contributed by atoms with Gasteiger partial charge < -0.3 is 5.32 Å². The van der Waals surface area contributed by atoms with E-state index in [4.69, 9.17) is 0 Å². The molecule has 164 valence electrons. The van der Waals surface area contributed by atoms with Crippen molar-refractivity contribution in [1.82, 2.24) is 0 Å².